The standard InChI is InChI=1S/C108H89BN6/c1-105(2,3)78-54-76(55-79(63-78)106(4,5)6)89-58-73(70-44-47-82(111-13)48-45-70)46-53-98(89)114-99-65-83(112-94-36-24-20-32-85(94)86-33-21-25-37-95(86)112)49-51-92(99)109-93-52-50-84(113-96-38-26-22-34-87(96)88-35-23-27-39-97(88)113)66-100(93)115(102-62-75(61-101(114)103(102)109)69-28-16-14-17-29-69)104-90(72-30-18-15-19-31-72)59-74(71-42-40-68(67-110)41-43-71)60-91(104)77-56-80(107(7,8)9)64-81(57-77)108(10,11)12/h14-66H,1-12H3. The minimum absolute atomic E-state index is 0.201. The van der Waals surface area contributed by atoms with E-state index in [9.17, 15) is 5.26 Å². The summed E-state index contributed by atoms with van der Waals surface area (Å²) in [4.78, 5) is 9.21. The highest BCUT2D eigenvalue weighted by molar-refractivity contribution is 7.00. The average Bonchev–Trinajstić information content (AvgIpc) is 1.30. The molecule has 115 heavy (non-hydrogen) atoms. The second-order valence-electron chi connectivity index (χ2n) is 35.6. The van der Waals surface area contributed by atoms with Gasteiger partial charge in [-0.1, -0.05) is 308 Å². The number of hydrogen-bond acceptors (Lipinski definition) is 3. The molecular weight excluding hydrogens is 1390 g/mol. The summed E-state index contributed by atoms with van der Waals surface area (Å²) >= 11 is 0. The third kappa shape index (κ3) is 12.3. The number of benzene rings is 15. The van der Waals surface area contributed by atoms with Gasteiger partial charge in [0.1, 0.15) is 0 Å². The van der Waals surface area contributed by atoms with E-state index in [2.05, 4.69) is 410 Å². The topological polar surface area (TPSA) is 44.5 Å². The van der Waals surface area contributed by atoms with Crippen molar-refractivity contribution in [1.29, 1.82) is 5.26 Å². The summed E-state index contributed by atoms with van der Waals surface area (Å²) in [6.07, 6.45) is 0. The molecule has 15 aromatic carbocycles. The molecule has 0 N–H and O–H groups in total. The van der Waals surface area contributed by atoms with Crippen LogP contribution in [0.25, 0.3) is 127 Å². The third-order valence-corrected chi connectivity index (χ3v) is 24.1. The van der Waals surface area contributed by atoms with Gasteiger partial charge >= 0.3 is 0 Å². The molecule has 0 radical (unpaired) electrons. The van der Waals surface area contributed by atoms with Crippen molar-refractivity contribution in [2.75, 3.05) is 9.80 Å². The molecule has 7 heteroatoms. The molecular formula is C108H89BN6. The van der Waals surface area contributed by atoms with Crippen molar-refractivity contribution in [3.8, 4) is 84.2 Å². The van der Waals surface area contributed by atoms with E-state index in [4.69, 9.17) is 6.57 Å². The molecule has 6 nitrogen and oxygen atoms in total. The van der Waals surface area contributed by atoms with Crippen LogP contribution in [0.4, 0.5) is 39.8 Å². The molecule has 0 bridgehead atoms. The van der Waals surface area contributed by atoms with Crippen LogP contribution < -0.4 is 26.2 Å². The van der Waals surface area contributed by atoms with E-state index < -0.39 is 0 Å². The van der Waals surface area contributed by atoms with Gasteiger partial charge in [0.05, 0.1) is 51.6 Å². The number of aromatic nitrogens is 2. The maximum Gasteiger partial charge on any atom is 0.252 e. The summed E-state index contributed by atoms with van der Waals surface area (Å²) in [6, 6.07) is 123. The van der Waals surface area contributed by atoms with Gasteiger partial charge in [-0.05, 0) is 207 Å². The third-order valence-electron chi connectivity index (χ3n) is 24.1. The normalized spacial score (nSPS) is 12.8. The highest BCUT2D eigenvalue weighted by Gasteiger charge is 2.46. The summed E-state index contributed by atoms with van der Waals surface area (Å²) in [7, 11) is 0. The Balaban J connectivity index is 1.01. The van der Waals surface area contributed by atoms with Gasteiger partial charge in [0.2, 0.25) is 0 Å². The Morgan fingerprint density at radius 3 is 1.11 bits per heavy atom. The van der Waals surface area contributed by atoms with E-state index in [1.54, 1.807) is 0 Å². The van der Waals surface area contributed by atoms with Crippen LogP contribution in [0, 0.1) is 17.9 Å². The van der Waals surface area contributed by atoms with E-state index in [-0.39, 0.29) is 28.4 Å². The molecule has 0 saturated heterocycles. The largest absolute Gasteiger partial charge is 0.311 e. The number of anilines is 6. The minimum atomic E-state index is -0.328. The lowest BCUT2D eigenvalue weighted by atomic mass is 9.33. The second-order valence-corrected chi connectivity index (χ2v) is 35.6. The van der Waals surface area contributed by atoms with Crippen LogP contribution >= 0.6 is 0 Å². The molecule has 17 aromatic rings. The summed E-state index contributed by atoms with van der Waals surface area (Å²) in [5.41, 5.74) is 34.7. The number of hydrogen-bond donors (Lipinski definition) is 0. The van der Waals surface area contributed by atoms with Crippen molar-refractivity contribution in [2.45, 2.75) is 105 Å². The van der Waals surface area contributed by atoms with E-state index in [1.165, 1.54) is 60.2 Å². The van der Waals surface area contributed by atoms with Crippen molar-refractivity contribution in [3.05, 3.63) is 361 Å². The smallest absolute Gasteiger partial charge is 0.252 e. The Morgan fingerprint density at radius 1 is 0.296 bits per heavy atom. The molecule has 0 fully saturated rings. The van der Waals surface area contributed by atoms with E-state index in [0.29, 0.717) is 11.3 Å². The number of para-hydroxylation sites is 4. The highest BCUT2D eigenvalue weighted by Crippen LogP contribution is 2.55. The number of nitriles is 1. The summed E-state index contributed by atoms with van der Waals surface area (Å²) < 4.78 is 4.96. The molecule has 0 spiro atoms. The van der Waals surface area contributed by atoms with Gasteiger partial charge in [0, 0.05) is 72.4 Å². The Hall–Kier alpha value is -13.5. The zero-order valence-corrected chi connectivity index (χ0v) is 67.4. The summed E-state index contributed by atoms with van der Waals surface area (Å²) in [6.45, 7) is 35.8. The van der Waals surface area contributed by atoms with Gasteiger partial charge in [0.15, 0.2) is 5.69 Å². The maximum absolute atomic E-state index is 10.3. The Morgan fingerprint density at radius 2 is 0.661 bits per heavy atom. The van der Waals surface area contributed by atoms with E-state index in [0.717, 1.165) is 134 Å². The van der Waals surface area contributed by atoms with Crippen molar-refractivity contribution >= 4 is 107 Å². The molecule has 2 aliphatic rings. The van der Waals surface area contributed by atoms with Crippen LogP contribution in [-0.4, -0.2) is 15.8 Å². The fourth-order valence-electron chi connectivity index (χ4n) is 17.9. The first-order valence-electron chi connectivity index (χ1n) is 40.2. The molecule has 0 amide bonds. The summed E-state index contributed by atoms with van der Waals surface area (Å²) in [5, 5.41) is 15.1. The maximum atomic E-state index is 10.3. The molecule has 19 rings (SSSR count). The van der Waals surface area contributed by atoms with Crippen molar-refractivity contribution in [3.63, 3.8) is 0 Å². The Labute approximate surface area is 676 Å². The van der Waals surface area contributed by atoms with Gasteiger partial charge in [-0.2, -0.15) is 5.26 Å². The van der Waals surface area contributed by atoms with Gasteiger partial charge in [0.25, 0.3) is 6.71 Å². The summed E-state index contributed by atoms with van der Waals surface area (Å²) in [5.74, 6) is 0. The lowest BCUT2D eigenvalue weighted by molar-refractivity contribution is 0.568. The number of fused-ring (bicyclic) bond motifs is 10. The lowest BCUT2D eigenvalue weighted by Crippen LogP contribution is -2.61. The van der Waals surface area contributed by atoms with Crippen LogP contribution in [-0.2, 0) is 21.7 Å². The van der Waals surface area contributed by atoms with Crippen molar-refractivity contribution < 1.29 is 0 Å². The molecule has 0 atom stereocenters. The minimum Gasteiger partial charge on any atom is -0.311 e. The molecule has 0 unspecified atom stereocenters. The monoisotopic (exact) mass is 1480 g/mol. The number of rotatable bonds is 10. The predicted molar refractivity (Wildman–Crippen MR) is 488 cm³/mol. The van der Waals surface area contributed by atoms with Crippen LogP contribution in [0.2, 0.25) is 0 Å². The Bertz CT molecular complexity index is 6720. The zero-order valence-electron chi connectivity index (χ0n) is 67.4. The molecule has 0 aliphatic carbocycles. The van der Waals surface area contributed by atoms with Crippen LogP contribution in [0.15, 0.2) is 322 Å². The molecule has 4 heterocycles. The second kappa shape index (κ2) is 27.2. The van der Waals surface area contributed by atoms with Crippen molar-refractivity contribution in [1.82, 2.24) is 9.13 Å². The van der Waals surface area contributed by atoms with E-state index >= 15 is 0 Å². The molecule has 2 aromatic heterocycles. The average molecular weight is 1480 g/mol. The number of nitrogens with zero attached hydrogens (tertiary/aromatic N) is 6. The van der Waals surface area contributed by atoms with Crippen LogP contribution in [0.1, 0.15) is 111 Å². The molecule has 0 saturated carbocycles. The zero-order chi connectivity index (χ0) is 79.1. The van der Waals surface area contributed by atoms with Gasteiger partial charge in [-0.3, -0.25) is 0 Å². The van der Waals surface area contributed by atoms with Gasteiger partial charge < -0.3 is 18.9 Å². The fraction of sp³-hybridized carbons (Fsp3) is 0.148. The first-order chi connectivity index (χ1) is 55.4. The van der Waals surface area contributed by atoms with Crippen LogP contribution in [0.3, 0.4) is 0 Å². The first-order valence-corrected chi connectivity index (χ1v) is 40.2. The van der Waals surface area contributed by atoms with Gasteiger partial charge in [-0.25, -0.2) is 4.85 Å². The first kappa shape index (κ1) is 71.8. The Kier molecular flexibility index (Phi) is 17.0. The lowest BCUT2D eigenvalue weighted by Gasteiger charge is -2.46. The van der Waals surface area contributed by atoms with Crippen LogP contribution in [0.5, 0.6) is 0 Å². The predicted octanol–water partition coefficient (Wildman–Crippen LogP) is 27.6. The fourth-order valence-corrected chi connectivity index (χ4v) is 17.9. The quantitative estimate of drug-likeness (QED) is 0.101. The highest BCUT2D eigenvalue weighted by atomic mass is 15.2. The molecule has 554 valence electrons. The SMILES string of the molecule is [C-]#[N+]c1ccc(-c2ccc(N3c4cc(-n5c6ccccc6c6ccccc65)ccc4B4c5ccc(-n6c7ccccc7c7ccccc76)cc5N(c5c(-c6ccccc6)cc(-c6ccc(C#N)cc6)cc5-c5cc(C(C)(C)C)cc(C(C)(C)C)c5)c5cc(-c6ccccc6)cc3c54)c(-c3cc(C(C)(C)C)cc(C(C)(C)C)c3)c2)cc1. The van der Waals surface area contributed by atoms with Crippen molar-refractivity contribution in [2.24, 2.45) is 0 Å². The molecule has 2 aliphatic heterocycles. The van der Waals surface area contributed by atoms with Gasteiger partial charge in [-0.15, -0.1) is 0 Å². The van der Waals surface area contributed by atoms with E-state index in [1.807, 2.05) is 24.3 Å².